The summed E-state index contributed by atoms with van der Waals surface area (Å²) in [6.45, 7) is 1.81. The monoisotopic (exact) mass is 211 g/mol. The molecule has 1 atom stereocenters. The molecule has 0 heterocycles. The smallest absolute Gasteiger partial charge is 0.325 e. The van der Waals surface area contributed by atoms with Gasteiger partial charge in [0.05, 0.1) is 0 Å². The number of carboxylic acid groups (broad SMARTS) is 1. The fourth-order valence-corrected chi connectivity index (χ4v) is 1.31. The Morgan fingerprint density at radius 1 is 1.40 bits per heavy atom. The van der Waals surface area contributed by atoms with E-state index in [1.165, 1.54) is 6.07 Å². The number of phenols is 2. The molecule has 0 amide bonds. The van der Waals surface area contributed by atoms with Gasteiger partial charge in [-0.1, -0.05) is 6.92 Å². The zero-order chi connectivity index (χ0) is 11.6. The molecule has 0 fully saturated rings. The third kappa shape index (κ3) is 2.19. The van der Waals surface area contributed by atoms with Gasteiger partial charge < -0.3 is 21.1 Å². The van der Waals surface area contributed by atoms with Crippen LogP contribution in [0.5, 0.6) is 11.5 Å². The third-order valence-electron chi connectivity index (χ3n) is 2.21. The summed E-state index contributed by atoms with van der Waals surface area (Å²) >= 11 is 0. The predicted molar refractivity (Wildman–Crippen MR) is 53.7 cm³/mol. The molecule has 1 rings (SSSR count). The molecule has 82 valence electrons. The van der Waals surface area contributed by atoms with Gasteiger partial charge in [-0.3, -0.25) is 4.79 Å². The summed E-state index contributed by atoms with van der Waals surface area (Å²) in [7, 11) is 0. The molecule has 1 aromatic rings. The Balaban J connectivity index is 3.24. The lowest BCUT2D eigenvalue weighted by molar-refractivity contribution is -0.138. The first-order chi connectivity index (χ1) is 6.97. The summed E-state index contributed by atoms with van der Waals surface area (Å²) < 4.78 is 0. The van der Waals surface area contributed by atoms with Crippen molar-refractivity contribution in [1.29, 1.82) is 0 Å². The van der Waals surface area contributed by atoms with Crippen LogP contribution >= 0.6 is 0 Å². The van der Waals surface area contributed by atoms with Crippen LogP contribution in [0.25, 0.3) is 0 Å². The number of phenolic OH excluding ortho intramolecular Hbond substituents is 2. The Morgan fingerprint density at radius 3 is 2.47 bits per heavy atom. The number of nitrogens with two attached hydrogens (primary N) is 1. The van der Waals surface area contributed by atoms with E-state index in [-0.39, 0.29) is 17.1 Å². The summed E-state index contributed by atoms with van der Waals surface area (Å²) in [6.07, 6.45) is 0.533. The van der Waals surface area contributed by atoms with E-state index in [9.17, 15) is 15.0 Å². The maximum Gasteiger partial charge on any atom is 0.325 e. The van der Waals surface area contributed by atoms with Gasteiger partial charge in [-0.25, -0.2) is 0 Å². The second-order valence-corrected chi connectivity index (χ2v) is 3.21. The van der Waals surface area contributed by atoms with Crippen molar-refractivity contribution in [2.75, 3.05) is 0 Å². The highest BCUT2D eigenvalue weighted by Crippen LogP contribution is 2.30. The molecule has 0 bridgehead atoms. The van der Waals surface area contributed by atoms with E-state index in [2.05, 4.69) is 0 Å². The molecule has 5 nitrogen and oxygen atoms in total. The fraction of sp³-hybridized carbons (Fsp3) is 0.300. The molecule has 5 heteroatoms. The van der Waals surface area contributed by atoms with Gasteiger partial charge in [0.15, 0.2) is 0 Å². The second-order valence-electron chi connectivity index (χ2n) is 3.21. The number of carbonyl (C=O) groups is 1. The number of aromatic hydroxyl groups is 2. The summed E-state index contributed by atoms with van der Waals surface area (Å²) in [5.41, 5.74) is 6.03. The molecular formula is C10H13NO4. The number of rotatable bonds is 3. The Bertz CT molecular complexity index is 389. The van der Waals surface area contributed by atoms with E-state index in [1.807, 2.05) is 6.92 Å². The van der Waals surface area contributed by atoms with Crippen molar-refractivity contribution in [1.82, 2.24) is 0 Å². The lowest BCUT2D eigenvalue weighted by atomic mass is 10.0. The SMILES string of the molecule is CCc1cc(C(N)C(=O)O)c(O)cc1O. The topological polar surface area (TPSA) is 104 Å². The molecule has 5 N–H and O–H groups in total. The summed E-state index contributed by atoms with van der Waals surface area (Å²) in [5.74, 6) is -1.59. The highest BCUT2D eigenvalue weighted by Gasteiger charge is 2.19. The van der Waals surface area contributed by atoms with Gasteiger partial charge in [-0.05, 0) is 18.1 Å². The van der Waals surface area contributed by atoms with Crippen molar-refractivity contribution in [2.45, 2.75) is 19.4 Å². The van der Waals surface area contributed by atoms with Crippen molar-refractivity contribution >= 4 is 5.97 Å². The molecule has 0 aliphatic carbocycles. The standard InChI is InChI=1S/C10H13NO4/c1-2-5-3-6(9(11)10(14)15)8(13)4-7(5)12/h3-4,9,12-13H,2,11H2,1H3,(H,14,15). The minimum absolute atomic E-state index is 0.0589. The van der Waals surface area contributed by atoms with Crippen LogP contribution in [0, 0.1) is 0 Å². The van der Waals surface area contributed by atoms with E-state index < -0.39 is 12.0 Å². The van der Waals surface area contributed by atoms with Crippen LogP contribution in [-0.4, -0.2) is 21.3 Å². The number of aryl methyl sites for hydroxylation is 1. The van der Waals surface area contributed by atoms with Crippen LogP contribution in [-0.2, 0) is 11.2 Å². The van der Waals surface area contributed by atoms with E-state index >= 15 is 0 Å². The first-order valence-electron chi connectivity index (χ1n) is 4.50. The van der Waals surface area contributed by atoms with Crippen LogP contribution in [0.3, 0.4) is 0 Å². The Labute approximate surface area is 86.8 Å². The average molecular weight is 211 g/mol. The van der Waals surface area contributed by atoms with E-state index in [0.717, 1.165) is 6.07 Å². The van der Waals surface area contributed by atoms with Crippen molar-refractivity contribution in [3.63, 3.8) is 0 Å². The van der Waals surface area contributed by atoms with Gasteiger partial charge in [0.1, 0.15) is 17.5 Å². The predicted octanol–water partition coefficient (Wildman–Crippen LogP) is 0.745. The maximum atomic E-state index is 10.6. The van der Waals surface area contributed by atoms with Crippen LogP contribution in [0.1, 0.15) is 24.1 Å². The Hall–Kier alpha value is -1.75. The molecule has 1 aromatic carbocycles. The summed E-state index contributed by atoms with van der Waals surface area (Å²) in [4.78, 5) is 10.6. The third-order valence-corrected chi connectivity index (χ3v) is 2.21. The molecule has 0 radical (unpaired) electrons. The second kappa shape index (κ2) is 4.18. The molecule has 0 saturated heterocycles. The van der Waals surface area contributed by atoms with Crippen LogP contribution in [0.4, 0.5) is 0 Å². The Kier molecular flexibility index (Phi) is 3.16. The normalized spacial score (nSPS) is 12.4. The molecule has 15 heavy (non-hydrogen) atoms. The van der Waals surface area contributed by atoms with Gasteiger partial charge in [-0.15, -0.1) is 0 Å². The number of hydrogen-bond acceptors (Lipinski definition) is 4. The number of carboxylic acids is 1. The maximum absolute atomic E-state index is 10.6. The first kappa shape index (κ1) is 11.3. The van der Waals surface area contributed by atoms with Crippen LogP contribution in [0.15, 0.2) is 12.1 Å². The van der Waals surface area contributed by atoms with Crippen molar-refractivity contribution in [3.05, 3.63) is 23.3 Å². The van der Waals surface area contributed by atoms with Crippen molar-refractivity contribution < 1.29 is 20.1 Å². The minimum atomic E-state index is -1.28. The molecule has 0 aliphatic heterocycles. The van der Waals surface area contributed by atoms with E-state index in [1.54, 1.807) is 0 Å². The fourth-order valence-electron chi connectivity index (χ4n) is 1.31. The Morgan fingerprint density at radius 2 is 2.00 bits per heavy atom. The minimum Gasteiger partial charge on any atom is -0.508 e. The van der Waals surface area contributed by atoms with Crippen LogP contribution < -0.4 is 5.73 Å². The largest absolute Gasteiger partial charge is 0.508 e. The number of aliphatic carboxylic acids is 1. The van der Waals surface area contributed by atoms with Gasteiger partial charge >= 0.3 is 5.97 Å². The summed E-state index contributed by atoms with van der Waals surface area (Å²) in [5, 5.41) is 27.5. The van der Waals surface area contributed by atoms with Gasteiger partial charge in [0.2, 0.25) is 0 Å². The van der Waals surface area contributed by atoms with Gasteiger partial charge in [0, 0.05) is 11.6 Å². The van der Waals surface area contributed by atoms with Gasteiger partial charge in [0.25, 0.3) is 0 Å². The molecule has 0 spiro atoms. The molecule has 1 unspecified atom stereocenters. The lowest BCUT2D eigenvalue weighted by Gasteiger charge is -2.12. The number of benzene rings is 1. The van der Waals surface area contributed by atoms with Crippen molar-refractivity contribution in [2.24, 2.45) is 5.73 Å². The van der Waals surface area contributed by atoms with Crippen molar-refractivity contribution in [3.8, 4) is 11.5 Å². The zero-order valence-corrected chi connectivity index (χ0v) is 8.27. The number of hydrogen-bond donors (Lipinski definition) is 4. The molecule has 0 saturated carbocycles. The zero-order valence-electron chi connectivity index (χ0n) is 8.27. The molecular weight excluding hydrogens is 198 g/mol. The lowest BCUT2D eigenvalue weighted by Crippen LogP contribution is -2.20. The molecule has 0 aromatic heterocycles. The quantitative estimate of drug-likeness (QED) is 0.590. The van der Waals surface area contributed by atoms with Crippen LogP contribution in [0.2, 0.25) is 0 Å². The van der Waals surface area contributed by atoms with Gasteiger partial charge in [-0.2, -0.15) is 0 Å². The van der Waals surface area contributed by atoms with E-state index in [4.69, 9.17) is 10.8 Å². The summed E-state index contributed by atoms with van der Waals surface area (Å²) in [6, 6.07) is 1.23. The molecule has 0 aliphatic rings. The highest BCUT2D eigenvalue weighted by molar-refractivity contribution is 5.76. The average Bonchev–Trinajstić information content (AvgIpc) is 2.17. The highest BCUT2D eigenvalue weighted by atomic mass is 16.4. The van der Waals surface area contributed by atoms with E-state index in [0.29, 0.717) is 12.0 Å². The first-order valence-corrected chi connectivity index (χ1v) is 4.50.